The fourth-order valence-electron chi connectivity index (χ4n) is 1.79. The fraction of sp³-hybridized carbons (Fsp3) is 0.143. The summed E-state index contributed by atoms with van der Waals surface area (Å²) in [7, 11) is 1.55. The maximum absolute atomic E-state index is 10.7. The molecule has 0 unspecified atom stereocenters. The zero-order chi connectivity index (χ0) is 15.4. The molecular formula is C14H13BrN2O4. The van der Waals surface area contributed by atoms with Crippen molar-refractivity contribution in [2.75, 3.05) is 12.4 Å². The van der Waals surface area contributed by atoms with Gasteiger partial charge in [0.25, 0.3) is 5.69 Å². The molecule has 7 heteroatoms. The van der Waals surface area contributed by atoms with Crippen LogP contribution >= 0.6 is 15.9 Å². The van der Waals surface area contributed by atoms with Crippen LogP contribution in [0.5, 0.6) is 11.5 Å². The van der Waals surface area contributed by atoms with Crippen LogP contribution in [-0.4, -0.2) is 17.1 Å². The van der Waals surface area contributed by atoms with E-state index in [1.807, 2.05) is 0 Å². The Hall–Kier alpha value is -2.28. The monoisotopic (exact) mass is 352 g/mol. The number of anilines is 1. The quantitative estimate of drug-likeness (QED) is 0.633. The van der Waals surface area contributed by atoms with Gasteiger partial charge in [0.05, 0.1) is 16.5 Å². The van der Waals surface area contributed by atoms with Gasteiger partial charge in [-0.25, -0.2) is 0 Å². The first-order valence-corrected chi connectivity index (χ1v) is 6.84. The van der Waals surface area contributed by atoms with Crippen LogP contribution in [-0.2, 0) is 6.54 Å². The molecule has 0 amide bonds. The lowest BCUT2D eigenvalue weighted by Crippen LogP contribution is -2.01. The average Bonchev–Trinajstić information content (AvgIpc) is 2.46. The van der Waals surface area contributed by atoms with Gasteiger partial charge in [-0.2, -0.15) is 0 Å². The number of phenolic OH excluding ortho intramolecular Hbond substituents is 1. The van der Waals surface area contributed by atoms with Crippen LogP contribution in [0.1, 0.15) is 5.56 Å². The molecule has 0 saturated carbocycles. The predicted octanol–water partition coefficient (Wildman–Crippen LogP) is 3.68. The molecule has 0 radical (unpaired) electrons. The van der Waals surface area contributed by atoms with Crippen molar-refractivity contribution in [3.8, 4) is 11.5 Å². The van der Waals surface area contributed by atoms with Crippen molar-refractivity contribution in [2.24, 2.45) is 0 Å². The Labute approximate surface area is 129 Å². The Balaban J connectivity index is 2.13. The highest BCUT2D eigenvalue weighted by molar-refractivity contribution is 9.10. The molecule has 0 heterocycles. The molecule has 0 aliphatic rings. The molecular weight excluding hydrogens is 340 g/mol. The second-order valence-corrected chi connectivity index (χ2v) is 5.13. The normalized spacial score (nSPS) is 10.2. The zero-order valence-electron chi connectivity index (χ0n) is 11.2. The van der Waals surface area contributed by atoms with E-state index in [1.165, 1.54) is 6.07 Å². The van der Waals surface area contributed by atoms with E-state index < -0.39 is 4.92 Å². The van der Waals surface area contributed by atoms with Crippen LogP contribution < -0.4 is 10.1 Å². The van der Waals surface area contributed by atoms with Crippen LogP contribution in [0, 0.1) is 10.1 Å². The Kier molecular flexibility index (Phi) is 4.64. The number of nitrogens with one attached hydrogen (secondary N) is 1. The number of nitro benzene ring substituents is 1. The number of rotatable bonds is 5. The Morgan fingerprint density at radius 1 is 1.33 bits per heavy atom. The van der Waals surface area contributed by atoms with Crippen molar-refractivity contribution in [2.45, 2.75) is 6.54 Å². The topological polar surface area (TPSA) is 84.6 Å². The fourth-order valence-corrected chi connectivity index (χ4v) is 2.32. The number of benzene rings is 2. The number of phenols is 1. The van der Waals surface area contributed by atoms with E-state index in [0.29, 0.717) is 28.0 Å². The number of nitrogens with zero attached hydrogens (tertiary/aromatic N) is 1. The summed E-state index contributed by atoms with van der Waals surface area (Å²) in [5.41, 5.74) is 1.38. The van der Waals surface area contributed by atoms with Gasteiger partial charge in [-0.15, -0.1) is 0 Å². The van der Waals surface area contributed by atoms with Gasteiger partial charge in [-0.3, -0.25) is 10.1 Å². The van der Waals surface area contributed by atoms with Crippen molar-refractivity contribution in [3.05, 3.63) is 56.5 Å². The Morgan fingerprint density at radius 2 is 2.10 bits per heavy atom. The molecule has 0 aromatic heterocycles. The first-order valence-electron chi connectivity index (χ1n) is 6.05. The molecule has 2 aromatic rings. The summed E-state index contributed by atoms with van der Waals surface area (Å²) < 4.78 is 5.50. The van der Waals surface area contributed by atoms with Gasteiger partial charge < -0.3 is 15.2 Å². The summed E-state index contributed by atoms with van der Waals surface area (Å²) in [6, 6.07) is 9.60. The summed E-state index contributed by atoms with van der Waals surface area (Å²) in [6.45, 7) is 0.368. The second-order valence-electron chi connectivity index (χ2n) is 4.27. The lowest BCUT2D eigenvalue weighted by molar-refractivity contribution is -0.385. The molecule has 21 heavy (non-hydrogen) atoms. The van der Waals surface area contributed by atoms with Crippen molar-refractivity contribution in [3.63, 3.8) is 0 Å². The highest BCUT2D eigenvalue weighted by atomic mass is 79.9. The van der Waals surface area contributed by atoms with Gasteiger partial charge in [0.1, 0.15) is 11.5 Å². The number of methoxy groups -OCH3 is 1. The molecule has 0 aliphatic heterocycles. The summed E-state index contributed by atoms with van der Waals surface area (Å²) in [6.07, 6.45) is 0. The first-order chi connectivity index (χ1) is 10.0. The van der Waals surface area contributed by atoms with Crippen LogP contribution in [0.2, 0.25) is 0 Å². The van der Waals surface area contributed by atoms with Gasteiger partial charge >= 0.3 is 0 Å². The Morgan fingerprint density at radius 3 is 2.71 bits per heavy atom. The molecule has 2 rings (SSSR count). The van der Waals surface area contributed by atoms with Crippen molar-refractivity contribution >= 4 is 27.3 Å². The maximum atomic E-state index is 10.7. The number of hydrogen-bond donors (Lipinski definition) is 2. The van der Waals surface area contributed by atoms with E-state index in [0.717, 1.165) is 0 Å². The average molecular weight is 353 g/mol. The lowest BCUT2D eigenvalue weighted by atomic mass is 10.2. The van der Waals surface area contributed by atoms with Gasteiger partial charge in [0.15, 0.2) is 0 Å². The van der Waals surface area contributed by atoms with Crippen molar-refractivity contribution in [1.29, 1.82) is 0 Å². The van der Waals surface area contributed by atoms with Crippen LogP contribution in [0.15, 0.2) is 40.9 Å². The minimum absolute atomic E-state index is 0.00442. The number of nitro groups is 1. The van der Waals surface area contributed by atoms with E-state index in [4.69, 9.17) is 4.74 Å². The second kappa shape index (κ2) is 6.45. The Bertz CT molecular complexity index is 676. The van der Waals surface area contributed by atoms with E-state index >= 15 is 0 Å². The number of hydrogen-bond acceptors (Lipinski definition) is 5. The van der Waals surface area contributed by atoms with Gasteiger partial charge in [-0.1, -0.05) is 0 Å². The lowest BCUT2D eigenvalue weighted by Gasteiger charge is -2.10. The van der Waals surface area contributed by atoms with Crippen LogP contribution in [0.4, 0.5) is 11.4 Å². The van der Waals surface area contributed by atoms with Gasteiger partial charge in [0, 0.05) is 23.9 Å². The highest BCUT2D eigenvalue weighted by Crippen LogP contribution is 2.29. The van der Waals surface area contributed by atoms with Crippen molar-refractivity contribution < 1.29 is 14.8 Å². The summed E-state index contributed by atoms with van der Waals surface area (Å²) in [5, 5.41) is 23.6. The van der Waals surface area contributed by atoms with E-state index in [-0.39, 0.29) is 11.4 Å². The molecule has 0 saturated heterocycles. The standard InChI is InChI=1S/C14H13BrN2O4/c1-21-11-3-5-14(18)9(6-11)8-16-10-2-4-13(17(19)20)12(15)7-10/h2-7,16,18H,8H2,1H3. The minimum atomic E-state index is -0.457. The van der Waals surface area contributed by atoms with E-state index in [2.05, 4.69) is 21.2 Å². The number of aromatic hydroxyl groups is 1. The summed E-state index contributed by atoms with van der Waals surface area (Å²) in [4.78, 5) is 10.3. The first kappa shape index (κ1) is 15.1. The third kappa shape index (κ3) is 3.63. The summed E-state index contributed by atoms with van der Waals surface area (Å²) >= 11 is 3.16. The molecule has 110 valence electrons. The number of ether oxygens (including phenoxy) is 1. The highest BCUT2D eigenvalue weighted by Gasteiger charge is 2.11. The maximum Gasteiger partial charge on any atom is 0.283 e. The number of halogens is 1. The third-order valence-electron chi connectivity index (χ3n) is 2.91. The van der Waals surface area contributed by atoms with Gasteiger partial charge in [-0.05, 0) is 46.3 Å². The SMILES string of the molecule is COc1ccc(O)c(CNc2ccc([N+](=O)[O-])c(Br)c2)c1. The molecule has 2 aromatic carbocycles. The van der Waals surface area contributed by atoms with Crippen molar-refractivity contribution in [1.82, 2.24) is 0 Å². The molecule has 0 spiro atoms. The van der Waals surface area contributed by atoms with Crippen LogP contribution in [0.25, 0.3) is 0 Å². The van der Waals surface area contributed by atoms with E-state index in [9.17, 15) is 15.2 Å². The third-order valence-corrected chi connectivity index (χ3v) is 3.55. The van der Waals surface area contributed by atoms with E-state index in [1.54, 1.807) is 37.4 Å². The molecule has 0 fully saturated rings. The van der Waals surface area contributed by atoms with Gasteiger partial charge in [0.2, 0.25) is 0 Å². The smallest absolute Gasteiger partial charge is 0.283 e. The molecule has 2 N–H and O–H groups in total. The summed E-state index contributed by atoms with van der Waals surface area (Å²) in [5.74, 6) is 0.804. The van der Waals surface area contributed by atoms with Crippen LogP contribution in [0.3, 0.4) is 0 Å². The molecule has 0 atom stereocenters. The zero-order valence-corrected chi connectivity index (χ0v) is 12.8. The predicted molar refractivity (Wildman–Crippen MR) is 82.8 cm³/mol. The molecule has 6 nitrogen and oxygen atoms in total. The molecule has 0 aliphatic carbocycles. The largest absolute Gasteiger partial charge is 0.508 e. The minimum Gasteiger partial charge on any atom is -0.508 e. The molecule has 0 bridgehead atoms.